The summed E-state index contributed by atoms with van der Waals surface area (Å²) in [6.45, 7) is 1.71. The average molecular weight is 279 g/mol. The van der Waals surface area contributed by atoms with E-state index in [0.717, 1.165) is 0 Å². The van der Waals surface area contributed by atoms with Gasteiger partial charge in [-0.3, -0.25) is 0 Å². The molecule has 0 saturated carbocycles. The molecule has 1 fully saturated rings. The molecular formula is C10H17NO4S2. The Morgan fingerprint density at radius 2 is 2.12 bits per heavy atom. The molecule has 0 aromatic carbocycles. The summed E-state index contributed by atoms with van der Waals surface area (Å²) in [5.74, 6) is 2.22. The molecule has 1 unspecified atom stereocenters. The Balaban J connectivity index is 2.92. The van der Waals surface area contributed by atoms with Crippen LogP contribution in [0.4, 0.5) is 0 Å². The maximum Gasteiger partial charge on any atom is 0.215 e. The van der Waals surface area contributed by atoms with Crippen molar-refractivity contribution >= 4 is 19.9 Å². The van der Waals surface area contributed by atoms with Crippen LogP contribution in [0.5, 0.6) is 0 Å². The minimum atomic E-state index is -3.44. The standard InChI is InChI=1S/C10H17NO4S2/c1-3-6-11(17(14,15)7-4-2)10-5-8-16(12,13)9-10/h1,10H,4-9H2,2H3. The molecule has 0 N–H and O–H groups in total. The Morgan fingerprint density at radius 3 is 2.53 bits per heavy atom. The van der Waals surface area contributed by atoms with Gasteiger partial charge in [0.25, 0.3) is 0 Å². The Kier molecular flexibility index (Phi) is 4.58. The lowest BCUT2D eigenvalue weighted by Gasteiger charge is -2.25. The lowest BCUT2D eigenvalue weighted by Crippen LogP contribution is -2.42. The smallest absolute Gasteiger partial charge is 0.215 e. The largest absolute Gasteiger partial charge is 0.229 e. The molecule has 0 radical (unpaired) electrons. The summed E-state index contributed by atoms with van der Waals surface area (Å²) in [5, 5.41) is 0. The van der Waals surface area contributed by atoms with E-state index in [-0.39, 0.29) is 23.8 Å². The van der Waals surface area contributed by atoms with Crippen molar-refractivity contribution in [3.8, 4) is 12.3 Å². The first-order valence-electron chi connectivity index (χ1n) is 5.46. The molecule has 1 saturated heterocycles. The Morgan fingerprint density at radius 1 is 1.47 bits per heavy atom. The van der Waals surface area contributed by atoms with Gasteiger partial charge in [-0.2, -0.15) is 4.31 Å². The summed E-state index contributed by atoms with van der Waals surface area (Å²) >= 11 is 0. The van der Waals surface area contributed by atoms with E-state index in [9.17, 15) is 16.8 Å². The van der Waals surface area contributed by atoms with E-state index in [2.05, 4.69) is 5.92 Å². The van der Waals surface area contributed by atoms with Crippen molar-refractivity contribution in [2.45, 2.75) is 25.8 Å². The van der Waals surface area contributed by atoms with Gasteiger partial charge in [-0.15, -0.1) is 6.42 Å². The van der Waals surface area contributed by atoms with Crippen LogP contribution in [-0.2, 0) is 19.9 Å². The van der Waals surface area contributed by atoms with Gasteiger partial charge in [-0.1, -0.05) is 12.8 Å². The Bertz CT molecular complexity index is 501. The highest BCUT2D eigenvalue weighted by atomic mass is 32.2. The molecule has 0 amide bonds. The van der Waals surface area contributed by atoms with E-state index >= 15 is 0 Å². The van der Waals surface area contributed by atoms with Crippen molar-refractivity contribution in [1.29, 1.82) is 0 Å². The number of rotatable bonds is 5. The number of sulfonamides is 1. The number of sulfone groups is 1. The van der Waals surface area contributed by atoms with Crippen molar-refractivity contribution in [3.05, 3.63) is 0 Å². The molecule has 5 nitrogen and oxygen atoms in total. The van der Waals surface area contributed by atoms with E-state index in [1.165, 1.54) is 4.31 Å². The summed E-state index contributed by atoms with van der Waals surface area (Å²) in [7, 11) is -6.55. The van der Waals surface area contributed by atoms with Gasteiger partial charge in [0.05, 0.1) is 23.8 Å². The average Bonchev–Trinajstić information content (AvgIpc) is 2.54. The minimum Gasteiger partial charge on any atom is -0.229 e. The molecule has 17 heavy (non-hydrogen) atoms. The third kappa shape index (κ3) is 3.69. The van der Waals surface area contributed by atoms with Gasteiger partial charge in [0.2, 0.25) is 10.0 Å². The highest BCUT2D eigenvalue weighted by molar-refractivity contribution is 7.92. The van der Waals surface area contributed by atoms with Crippen LogP contribution in [0.2, 0.25) is 0 Å². The van der Waals surface area contributed by atoms with Crippen LogP contribution in [0, 0.1) is 12.3 Å². The van der Waals surface area contributed by atoms with Crippen molar-refractivity contribution in [1.82, 2.24) is 4.31 Å². The van der Waals surface area contributed by atoms with Crippen LogP contribution in [0.25, 0.3) is 0 Å². The second kappa shape index (κ2) is 5.38. The second-order valence-corrected chi connectivity index (χ2v) is 8.39. The van der Waals surface area contributed by atoms with Gasteiger partial charge in [-0.25, -0.2) is 16.8 Å². The van der Waals surface area contributed by atoms with Gasteiger partial charge in [0, 0.05) is 6.04 Å². The van der Waals surface area contributed by atoms with E-state index in [1.807, 2.05) is 0 Å². The molecular weight excluding hydrogens is 262 g/mol. The first-order chi connectivity index (χ1) is 7.82. The van der Waals surface area contributed by atoms with Gasteiger partial charge in [-0.05, 0) is 12.8 Å². The summed E-state index contributed by atoms with van der Waals surface area (Å²) < 4.78 is 47.8. The molecule has 1 rings (SSSR count). The van der Waals surface area contributed by atoms with Gasteiger partial charge in [0.15, 0.2) is 9.84 Å². The maximum atomic E-state index is 12.0. The fourth-order valence-corrected chi connectivity index (χ4v) is 5.40. The number of nitrogens with zero attached hydrogens (tertiary/aromatic N) is 1. The van der Waals surface area contributed by atoms with Gasteiger partial charge in [0.1, 0.15) is 0 Å². The number of hydrogen-bond acceptors (Lipinski definition) is 4. The maximum absolute atomic E-state index is 12.0. The fourth-order valence-electron chi connectivity index (χ4n) is 1.92. The fraction of sp³-hybridized carbons (Fsp3) is 0.800. The minimum absolute atomic E-state index is 0.00519. The van der Waals surface area contributed by atoms with Crippen molar-refractivity contribution in [2.75, 3.05) is 23.8 Å². The van der Waals surface area contributed by atoms with Crippen LogP contribution in [0.1, 0.15) is 19.8 Å². The number of hydrogen-bond donors (Lipinski definition) is 0. The molecule has 1 atom stereocenters. The molecule has 1 heterocycles. The van der Waals surface area contributed by atoms with Crippen LogP contribution < -0.4 is 0 Å². The van der Waals surface area contributed by atoms with E-state index < -0.39 is 25.9 Å². The zero-order chi connectivity index (χ0) is 13.1. The quantitative estimate of drug-likeness (QED) is 0.656. The van der Waals surface area contributed by atoms with E-state index in [0.29, 0.717) is 12.8 Å². The van der Waals surface area contributed by atoms with Crippen LogP contribution in [0.3, 0.4) is 0 Å². The molecule has 0 aromatic heterocycles. The third-order valence-electron chi connectivity index (χ3n) is 2.68. The topological polar surface area (TPSA) is 71.5 Å². The molecule has 1 aliphatic heterocycles. The molecule has 7 heteroatoms. The SMILES string of the molecule is C#CCN(C1CCS(=O)(=O)C1)S(=O)(=O)CCC. The Hall–Kier alpha value is -0.580. The first-order valence-corrected chi connectivity index (χ1v) is 8.89. The van der Waals surface area contributed by atoms with Crippen molar-refractivity contribution in [3.63, 3.8) is 0 Å². The first kappa shape index (κ1) is 14.5. The summed E-state index contributed by atoms with van der Waals surface area (Å²) in [6.07, 6.45) is 5.98. The monoisotopic (exact) mass is 279 g/mol. The third-order valence-corrected chi connectivity index (χ3v) is 6.50. The molecule has 98 valence electrons. The molecule has 1 aliphatic rings. The van der Waals surface area contributed by atoms with Crippen LogP contribution >= 0.6 is 0 Å². The van der Waals surface area contributed by atoms with Gasteiger partial charge >= 0.3 is 0 Å². The summed E-state index contributed by atoms with van der Waals surface area (Å²) in [5.41, 5.74) is 0. The number of terminal acetylenes is 1. The predicted molar refractivity (Wildman–Crippen MR) is 66.7 cm³/mol. The van der Waals surface area contributed by atoms with E-state index in [4.69, 9.17) is 6.42 Å². The van der Waals surface area contributed by atoms with E-state index in [1.54, 1.807) is 6.92 Å². The highest BCUT2D eigenvalue weighted by Gasteiger charge is 2.37. The molecule has 0 bridgehead atoms. The lowest BCUT2D eigenvalue weighted by molar-refractivity contribution is 0.371. The highest BCUT2D eigenvalue weighted by Crippen LogP contribution is 2.20. The molecule has 0 aliphatic carbocycles. The molecule has 0 spiro atoms. The summed E-state index contributed by atoms with van der Waals surface area (Å²) in [6, 6.07) is -0.493. The lowest BCUT2D eigenvalue weighted by atomic mass is 10.3. The van der Waals surface area contributed by atoms with Crippen LogP contribution in [0.15, 0.2) is 0 Å². The summed E-state index contributed by atoms with van der Waals surface area (Å²) in [4.78, 5) is 0. The van der Waals surface area contributed by atoms with Crippen molar-refractivity contribution in [2.24, 2.45) is 0 Å². The zero-order valence-corrected chi connectivity index (χ0v) is 11.4. The van der Waals surface area contributed by atoms with Crippen molar-refractivity contribution < 1.29 is 16.8 Å². The van der Waals surface area contributed by atoms with Crippen LogP contribution in [-0.4, -0.2) is 51.0 Å². The Labute approximate surface area is 103 Å². The second-order valence-electron chi connectivity index (χ2n) is 4.12. The molecule has 0 aromatic rings. The zero-order valence-electron chi connectivity index (χ0n) is 9.79. The normalized spacial score (nSPS) is 23.7. The van der Waals surface area contributed by atoms with Gasteiger partial charge < -0.3 is 0 Å². The predicted octanol–water partition coefficient (Wildman–Crippen LogP) is -0.152.